The van der Waals surface area contributed by atoms with Crippen molar-refractivity contribution in [2.45, 2.75) is 46.5 Å². The average molecular weight is 334 g/mol. The van der Waals surface area contributed by atoms with Crippen LogP contribution in [0.1, 0.15) is 57.2 Å². The number of nitrogens with zero attached hydrogens (tertiary/aromatic N) is 2. The van der Waals surface area contributed by atoms with Crippen molar-refractivity contribution in [3.63, 3.8) is 0 Å². The SMILES string of the molecule is CC(C)CN1CC[C@@H](CNC(=O)c2cc(C(C)(C)C)[nH]c(=O)n2)C1. The Morgan fingerprint density at radius 2 is 2.17 bits per heavy atom. The van der Waals surface area contributed by atoms with Crippen molar-refractivity contribution in [1.29, 1.82) is 0 Å². The lowest BCUT2D eigenvalue weighted by molar-refractivity contribution is 0.0941. The first-order valence-electron chi connectivity index (χ1n) is 8.77. The molecule has 1 aromatic rings. The smallest absolute Gasteiger partial charge is 0.345 e. The van der Waals surface area contributed by atoms with E-state index in [0.717, 1.165) is 31.7 Å². The molecule has 2 N–H and O–H groups in total. The Kier molecular flexibility index (Phi) is 5.80. The highest BCUT2D eigenvalue weighted by Gasteiger charge is 2.24. The summed E-state index contributed by atoms with van der Waals surface area (Å²) in [6, 6.07) is 1.68. The molecule has 0 unspecified atom stereocenters. The van der Waals surface area contributed by atoms with Crippen molar-refractivity contribution in [3.8, 4) is 0 Å². The number of H-pyrrole nitrogens is 1. The zero-order valence-electron chi connectivity index (χ0n) is 15.5. The minimum atomic E-state index is -0.475. The zero-order chi connectivity index (χ0) is 17.9. The van der Waals surface area contributed by atoms with Crippen LogP contribution >= 0.6 is 0 Å². The van der Waals surface area contributed by atoms with Crippen molar-refractivity contribution < 1.29 is 4.79 Å². The van der Waals surface area contributed by atoms with Gasteiger partial charge in [-0.15, -0.1) is 0 Å². The van der Waals surface area contributed by atoms with Crippen molar-refractivity contribution in [2.75, 3.05) is 26.2 Å². The van der Waals surface area contributed by atoms with Gasteiger partial charge in [-0.05, 0) is 30.9 Å². The van der Waals surface area contributed by atoms with Crippen molar-refractivity contribution in [3.05, 3.63) is 27.9 Å². The molecule has 1 fully saturated rings. The third kappa shape index (κ3) is 5.16. The van der Waals surface area contributed by atoms with E-state index in [4.69, 9.17) is 0 Å². The maximum atomic E-state index is 12.4. The van der Waals surface area contributed by atoms with Crippen LogP contribution < -0.4 is 11.0 Å². The van der Waals surface area contributed by atoms with E-state index < -0.39 is 5.69 Å². The molecule has 1 saturated heterocycles. The van der Waals surface area contributed by atoms with Crippen molar-refractivity contribution in [2.24, 2.45) is 11.8 Å². The quantitative estimate of drug-likeness (QED) is 0.860. The van der Waals surface area contributed by atoms with Gasteiger partial charge in [0.1, 0.15) is 5.69 Å². The fraction of sp³-hybridized carbons (Fsp3) is 0.722. The lowest BCUT2D eigenvalue weighted by Crippen LogP contribution is -2.34. The summed E-state index contributed by atoms with van der Waals surface area (Å²) in [7, 11) is 0. The molecule has 0 radical (unpaired) electrons. The molecular formula is C18H30N4O2. The van der Waals surface area contributed by atoms with Crippen LogP contribution in [0.4, 0.5) is 0 Å². The summed E-state index contributed by atoms with van der Waals surface area (Å²) in [4.78, 5) is 33.0. The molecule has 6 nitrogen and oxygen atoms in total. The van der Waals surface area contributed by atoms with E-state index >= 15 is 0 Å². The minimum absolute atomic E-state index is 0.195. The van der Waals surface area contributed by atoms with Crippen LogP contribution in [0.5, 0.6) is 0 Å². The number of aromatic amines is 1. The van der Waals surface area contributed by atoms with Gasteiger partial charge in [-0.1, -0.05) is 34.6 Å². The van der Waals surface area contributed by atoms with E-state index in [2.05, 4.69) is 34.0 Å². The Bertz CT molecular complexity index is 631. The molecule has 2 rings (SSSR count). The number of hydrogen-bond acceptors (Lipinski definition) is 4. The number of rotatable bonds is 5. The predicted molar refractivity (Wildman–Crippen MR) is 95.3 cm³/mol. The molecular weight excluding hydrogens is 304 g/mol. The summed E-state index contributed by atoms with van der Waals surface area (Å²) in [5.74, 6) is 0.861. The highest BCUT2D eigenvalue weighted by molar-refractivity contribution is 5.92. The Morgan fingerprint density at radius 1 is 1.46 bits per heavy atom. The largest absolute Gasteiger partial charge is 0.350 e. The zero-order valence-corrected chi connectivity index (χ0v) is 15.5. The molecule has 0 saturated carbocycles. The first kappa shape index (κ1) is 18.6. The van der Waals surface area contributed by atoms with Crippen LogP contribution in [0.2, 0.25) is 0 Å². The highest BCUT2D eigenvalue weighted by Crippen LogP contribution is 2.19. The lowest BCUT2D eigenvalue weighted by atomic mass is 9.91. The van der Waals surface area contributed by atoms with Crippen LogP contribution in [0.15, 0.2) is 10.9 Å². The molecule has 0 aliphatic carbocycles. The summed E-state index contributed by atoms with van der Waals surface area (Å²) in [5.41, 5.74) is 0.203. The standard InChI is InChI=1S/C18H30N4O2/c1-12(2)10-22-7-6-13(11-22)9-19-16(23)14-8-15(18(3,4)5)21-17(24)20-14/h8,12-13H,6-7,9-11H2,1-5H3,(H,19,23)(H,20,21,24)/t13-/m0/s1. The predicted octanol–water partition coefficient (Wildman–Crippen LogP) is 1.78. The van der Waals surface area contributed by atoms with Crippen LogP contribution in [0, 0.1) is 11.8 Å². The minimum Gasteiger partial charge on any atom is -0.350 e. The maximum absolute atomic E-state index is 12.4. The number of hydrogen-bond donors (Lipinski definition) is 2. The topological polar surface area (TPSA) is 78.1 Å². The van der Waals surface area contributed by atoms with E-state index in [1.807, 2.05) is 20.8 Å². The number of nitrogens with one attached hydrogen (secondary N) is 2. The number of carbonyl (C=O) groups excluding carboxylic acids is 1. The highest BCUT2D eigenvalue weighted by atomic mass is 16.2. The molecule has 1 atom stereocenters. The van der Waals surface area contributed by atoms with E-state index in [1.165, 1.54) is 0 Å². The van der Waals surface area contributed by atoms with Crippen molar-refractivity contribution >= 4 is 5.91 Å². The summed E-state index contributed by atoms with van der Waals surface area (Å²) in [5, 5.41) is 2.94. The maximum Gasteiger partial charge on any atom is 0.345 e. The number of likely N-dealkylation sites (tertiary alicyclic amines) is 1. The van der Waals surface area contributed by atoms with Gasteiger partial charge in [0, 0.05) is 30.7 Å². The van der Waals surface area contributed by atoms with Gasteiger partial charge in [-0.25, -0.2) is 4.79 Å². The van der Waals surface area contributed by atoms with Gasteiger partial charge < -0.3 is 15.2 Å². The van der Waals surface area contributed by atoms with E-state index in [1.54, 1.807) is 6.07 Å². The van der Waals surface area contributed by atoms with Gasteiger partial charge in [0.2, 0.25) is 0 Å². The van der Waals surface area contributed by atoms with Gasteiger partial charge in [0.25, 0.3) is 5.91 Å². The Balaban J connectivity index is 1.94. The second-order valence-electron chi connectivity index (χ2n) is 8.25. The molecule has 0 spiro atoms. The van der Waals surface area contributed by atoms with E-state index in [-0.39, 0.29) is 17.0 Å². The first-order chi connectivity index (χ1) is 11.1. The molecule has 1 aromatic heterocycles. The van der Waals surface area contributed by atoms with Gasteiger partial charge in [0.05, 0.1) is 0 Å². The van der Waals surface area contributed by atoms with Crippen LogP contribution in [0.3, 0.4) is 0 Å². The summed E-state index contributed by atoms with van der Waals surface area (Å²) >= 11 is 0. The molecule has 6 heteroatoms. The van der Waals surface area contributed by atoms with Gasteiger partial charge >= 0.3 is 5.69 Å². The van der Waals surface area contributed by atoms with E-state index in [0.29, 0.717) is 18.4 Å². The molecule has 1 aliphatic heterocycles. The molecule has 1 amide bonds. The summed E-state index contributed by atoms with van der Waals surface area (Å²) in [6.07, 6.45) is 1.10. The lowest BCUT2D eigenvalue weighted by Gasteiger charge is -2.19. The molecule has 0 aromatic carbocycles. The normalized spacial score (nSPS) is 19.0. The van der Waals surface area contributed by atoms with Crippen LogP contribution in [-0.4, -0.2) is 47.0 Å². The second kappa shape index (κ2) is 7.47. The first-order valence-corrected chi connectivity index (χ1v) is 8.77. The van der Waals surface area contributed by atoms with Crippen LogP contribution in [0.25, 0.3) is 0 Å². The second-order valence-corrected chi connectivity index (χ2v) is 8.25. The summed E-state index contributed by atoms with van der Waals surface area (Å²) < 4.78 is 0. The third-order valence-electron chi connectivity index (χ3n) is 4.33. The fourth-order valence-electron chi connectivity index (χ4n) is 3.07. The third-order valence-corrected chi connectivity index (χ3v) is 4.33. The number of carbonyl (C=O) groups is 1. The Morgan fingerprint density at radius 3 is 2.79 bits per heavy atom. The molecule has 134 valence electrons. The molecule has 24 heavy (non-hydrogen) atoms. The average Bonchev–Trinajstić information content (AvgIpc) is 2.89. The molecule has 2 heterocycles. The van der Waals surface area contributed by atoms with E-state index in [9.17, 15) is 9.59 Å². The fourth-order valence-corrected chi connectivity index (χ4v) is 3.07. The number of aromatic nitrogens is 2. The van der Waals surface area contributed by atoms with Gasteiger partial charge in [-0.3, -0.25) is 4.79 Å². The van der Waals surface area contributed by atoms with Crippen molar-refractivity contribution in [1.82, 2.24) is 20.2 Å². The summed E-state index contributed by atoms with van der Waals surface area (Å²) in [6.45, 7) is 14.3. The molecule has 1 aliphatic rings. The van der Waals surface area contributed by atoms with Crippen LogP contribution in [-0.2, 0) is 5.41 Å². The monoisotopic (exact) mass is 334 g/mol. The van der Waals surface area contributed by atoms with Gasteiger partial charge in [-0.2, -0.15) is 4.98 Å². The van der Waals surface area contributed by atoms with Gasteiger partial charge in [0.15, 0.2) is 0 Å². The Hall–Kier alpha value is -1.69. The number of amides is 1. The molecule has 0 bridgehead atoms. The Labute approximate surface area is 144 Å².